The van der Waals surface area contributed by atoms with Crippen LogP contribution in [0.5, 0.6) is 0 Å². The van der Waals surface area contributed by atoms with Crippen molar-refractivity contribution in [1.29, 1.82) is 0 Å². The van der Waals surface area contributed by atoms with E-state index in [-0.39, 0.29) is 5.78 Å². The summed E-state index contributed by atoms with van der Waals surface area (Å²) in [5.74, 6) is 0.672. The highest BCUT2D eigenvalue weighted by molar-refractivity contribution is 8.14. The molecule has 1 aliphatic rings. The summed E-state index contributed by atoms with van der Waals surface area (Å²) in [7, 11) is 0. The highest BCUT2D eigenvalue weighted by Gasteiger charge is 2.21. The number of benzene rings is 2. The summed E-state index contributed by atoms with van der Waals surface area (Å²) >= 11 is 1.55. The molecule has 0 radical (unpaired) electrons. The van der Waals surface area contributed by atoms with Gasteiger partial charge in [-0.3, -0.25) is 4.79 Å². The molecule has 110 valence electrons. The molecule has 1 heterocycles. The predicted octanol–water partition coefficient (Wildman–Crippen LogP) is 4.68. The maximum Gasteiger partial charge on any atom is 0.140 e. The predicted molar refractivity (Wildman–Crippen MR) is 94.9 cm³/mol. The molecule has 2 aromatic rings. The van der Waals surface area contributed by atoms with E-state index in [1.807, 2.05) is 36.4 Å². The molecule has 0 atom stereocenters. The lowest BCUT2D eigenvalue weighted by atomic mass is 9.99. The molecule has 0 N–H and O–H groups in total. The number of ketones is 1. The first kappa shape index (κ1) is 14.8. The second-order valence-corrected chi connectivity index (χ2v) is 6.28. The third-order valence-corrected chi connectivity index (χ3v) is 4.58. The van der Waals surface area contributed by atoms with Gasteiger partial charge in [0.2, 0.25) is 0 Å². The molecule has 2 aromatic carbocycles. The molecule has 0 aliphatic carbocycles. The van der Waals surface area contributed by atoms with Gasteiger partial charge in [-0.25, -0.2) is 4.99 Å². The summed E-state index contributed by atoms with van der Waals surface area (Å²) in [4.78, 5) is 16.0. The fourth-order valence-corrected chi connectivity index (χ4v) is 3.22. The minimum atomic E-state index is 0.183. The smallest absolute Gasteiger partial charge is 0.140 e. The maximum absolute atomic E-state index is 11.2. The molecule has 0 unspecified atom stereocenters. The molecular formula is C19H17NOS. The molecule has 0 bridgehead atoms. The number of hydrogen-bond donors (Lipinski definition) is 0. The standard InChI is InChI=1S/C19H17NOS/c1-14(21)13-22-18-12-17(15-8-4-2-5-9-15)19(20-18)16-10-6-3-7-11-16/h2-11H,12-13H2,1H3. The van der Waals surface area contributed by atoms with Crippen molar-refractivity contribution >= 4 is 33.9 Å². The Morgan fingerprint density at radius 1 is 1.00 bits per heavy atom. The summed E-state index contributed by atoms with van der Waals surface area (Å²) in [6.07, 6.45) is 0.798. The molecule has 0 fully saturated rings. The van der Waals surface area contributed by atoms with Crippen LogP contribution in [-0.2, 0) is 4.79 Å². The normalized spacial score (nSPS) is 14.1. The van der Waals surface area contributed by atoms with Crippen molar-refractivity contribution in [3.05, 3.63) is 71.8 Å². The van der Waals surface area contributed by atoms with Crippen molar-refractivity contribution in [2.75, 3.05) is 5.75 Å². The van der Waals surface area contributed by atoms with Crippen molar-refractivity contribution in [2.24, 2.45) is 4.99 Å². The van der Waals surface area contributed by atoms with Gasteiger partial charge in [0.15, 0.2) is 0 Å². The number of carbonyl (C=O) groups is 1. The Hall–Kier alpha value is -2.13. The van der Waals surface area contributed by atoms with Crippen molar-refractivity contribution in [1.82, 2.24) is 0 Å². The largest absolute Gasteiger partial charge is 0.299 e. The Labute approximate surface area is 135 Å². The lowest BCUT2D eigenvalue weighted by molar-refractivity contribution is -0.114. The maximum atomic E-state index is 11.2. The van der Waals surface area contributed by atoms with E-state index in [1.165, 1.54) is 11.1 Å². The molecule has 0 spiro atoms. The molecule has 1 aliphatic heterocycles. The third kappa shape index (κ3) is 3.37. The van der Waals surface area contributed by atoms with Crippen LogP contribution in [0.15, 0.2) is 65.7 Å². The van der Waals surface area contributed by atoms with Gasteiger partial charge in [0.1, 0.15) is 5.78 Å². The Balaban J connectivity index is 1.96. The second kappa shape index (κ2) is 6.75. The van der Waals surface area contributed by atoms with Crippen LogP contribution in [-0.4, -0.2) is 16.6 Å². The monoisotopic (exact) mass is 307 g/mol. The minimum absolute atomic E-state index is 0.183. The van der Waals surface area contributed by atoms with Crippen molar-refractivity contribution < 1.29 is 4.79 Å². The zero-order chi connectivity index (χ0) is 15.4. The number of allylic oxidation sites excluding steroid dienone is 1. The summed E-state index contributed by atoms with van der Waals surface area (Å²) in [5, 5.41) is 1.02. The fraction of sp³-hybridized carbons (Fsp3) is 0.158. The van der Waals surface area contributed by atoms with Crippen molar-refractivity contribution in [3.63, 3.8) is 0 Å². The van der Waals surface area contributed by atoms with Crippen LogP contribution in [0.4, 0.5) is 0 Å². The Morgan fingerprint density at radius 3 is 2.18 bits per heavy atom. The lowest BCUT2D eigenvalue weighted by Gasteiger charge is -2.06. The molecule has 0 aromatic heterocycles. The van der Waals surface area contributed by atoms with Crippen LogP contribution < -0.4 is 0 Å². The summed E-state index contributed by atoms with van der Waals surface area (Å²) < 4.78 is 0. The van der Waals surface area contributed by atoms with Gasteiger partial charge in [-0.2, -0.15) is 0 Å². The van der Waals surface area contributed by atoms with E-state index in [0.717, 1.165) is 22.7 Å². The van der Waals surface area contributed by atoms with Gasteiger partial charge < -0.3 is 0 Å². The molecular weight excluding hydrogens is 290 g/mol. The summed E-state index contributed by atoms with van der Waals surface area (Å²) in [6.45, 7) is 1.62. The molecule has 3 rings (SSSR count). The summed E-state index contributed by atoms with van der Waals surface area (Å²) in [6, 6.07) is 20.6. The third-order valence-electron chi connectivity index (χ3n) is 3.46. The Morgan fingerprint density at radius 2 is 1.59 bits per heavy atom. The number of Topliss-reactive ketones (excluding diaryl/α,β-unsaturated/α-hetero) is 1. The second-order valence-electron chi connectivity index (χ2n) is 5.23. The van der Waals surface area contributed by atoms with E-state index >= 15 is 0 Å². The summed E-state index contributed by atoms with van der Waals surface area (Å²) in [5.41, 5.74) is 4.58. The lowest BCUT2D eigenvalue weighted by Crippen LogP contribution is -1.98. The molecule has 0 saturated heterocycles. The number of carbonyl (C=O) groups excluding carboxylic acids is 1. The van der Waals surface area contributed by atoms with Gasteiger partial charge in [-0.15, -0.1) is 11.8 Å². The quantitative estimate of drug-likeness (QED) is 0.821. The van der Waals surface area contributed by atoms with Gasteiger partial charge in [-0.1, -0.05) is 60.7 Å². The van der Waals surface area contributed by atoms with Gasteiger partial charge in [0, 0.05) is 12.0 Å². The van der Waals surface area contributed by atoms with Crippen LogP contribution in [0.25, 0.3) is 11.3 Å². The van der Waals surface area contributed by atoms with Gasteiger partial charge in [-0.05, 0) is 18.1 Å². The van der Waals surface area contributed by atoms with Crippen LogP contribution in [0.2, 0.25) is 0 Å². The fourth-order valence-electron chi connectivity index (χ4n) is 2.45. The van der Waals surface area contributed by atoms with Gasteiger partial charge in [0.05, 0.1) is 16.5 Å². The first-order valence-corrected chi connectivity index (χ1v) is 8.26. The van der Waals surface area contributed by atoms with E-state index in [0.29, 0.717) is 5.75 Å². The first-order chi connectivity index (χ1) is 10.7. The average molecular weight is 307 g/mol. The van der Waals surface area contributed by atoms with E-state index in [2.05, 4.69) is 24.3 Å². The Kier molecular flexibility index (Phi) is 4.54. The van der Waals surface area contributed by atoms with Crippen LogP contribution >= 0.6 is 11.8 Å². The highest BCUT2D eigenvalue weighted by Crippen LogP contribution is 2.37. The van der Waals surface area contributed by atoms with Crippen molar-refractivity contribution in [2.45, 2.75) is 13.3 Å². The number of aliphatic imine (C=N–C) groups is 1. The SMILES string of the molecule is CC(=O)CSC1=NC(c2ccccc2)=C(c2ccccc2)C1. The number of rotatable bonds is 4. The minimum Gasteiger partial charge on any atom is -0.299 e. The zero-order valence-electron chi connectivity index (χ0n) is 12.5. The van der Waals surface area contributed by atoms with E-state index in [9.17, 15) is 4.79 Å². The van der Waals surface area contributed by atoms with E-state index in [4.69, 9.17) is 4.99 Å². The molecule has 22 heavy (non-hydrogen) atoms. The number of nitrogens with zero attached hydrogens (tertiary/aromatic N) is 1. The zero-order valence-corrected chi connectivity index (χ0v) is 13.3. The van der Waals surface area contributed by atoms with Gasteiger partial charge in [0.25, 0.3) is 0 Å². The van der Waals surface area contributed by atoms with E-state index in [1.54, 1.807) is 18.7 Å². The van der Waals surface area contributed by atoms with Crippen LogP contribution in [0, 0.1) is 0 Å². The number of thioether (sulfide) groups is 1. The topological polar surface area (TPSA) is 29.4 Å². The van der Waals surface area contributed by atoms with E-state index < -0.39 is 0 Å². The first-order valence-electron chi connectivity index (χ1n) is 7.28. The Bertz CT molecular complexity index is 733. The van der Waals surface area contributed by atoms with Crippen molar-refractivity contribution in [3.8, 4) is 0 Å². The highest BCUT2D eigenvalue weighted by atomic mass is 32.2. The number of hydrogen-bond acceptors (Lipinski definition) is 3. The molecule has 3 heteroatoms. The van der Waals surface area contributed by atoms with Crippen LogP contribution in [0.3, 0.4) is 0 Å². The molecule has 2 nitrogen and oxygen atoms in total. The average Bonchev–Trinajstić information content (AvgIpc) is 2.99. The molecule has 0 amide bonds. The van der Waals surface area contributed by atoms with Gasteiger partial charge >= 0.3 is 0 Å². The molecule has 0 saturated carbocycles. The van der Waals surface area contributed by atoms with Crippen LogP contribution in [0.1, 0.15) is 24.5 Å².